The minimum atomic E-state index is -3.64. The number of aryl methyl sites for hydroxylation is 1. The van der Waals surface area contributed by atoms with Crippen molar-refractivity contribution in [3.8, 4) is 0 Å². The van der Waals surface area contributed by atoms with Crippen LogP contribution in [0.25, 0.3) is 11.1 Å². The fourth-order valence-corrected chi connectivity index (χ4v) is 4.66. The van der Waals surface area contributed by atoms with Gasteiger partial charge in [0.2, 0.25) is 10.0 Å². The van der Waals surface area contributed by atoms with Gasteiger partial charge < -0.3 is 10.2 Å². The third kappa shape index (κ3) is 2.37. The predicted octanol–water partition coefficient (Wildman–Crippen LogP) is 0.633. The number of rotatable bonds is 3. The van der Waals surface area contributed by atoms with Gasteiger partial charge in [-0.05, 0) is 25.0 Å². The molecule has 1 atom stereocenters. The number of aromatic nitrogens is 1. The molecule has 1 aliphatic heterocycles. The molecular weight excluding hydrogens is 306 g/mol. The molecule has 0 bridgehead atoms. The van der Waals surface area contributed by atoms with Crippen LogP contribution in [0, 0.1) is 0 Å². The van der Waals surface area contributed by atoms with E-state index in [2.05, 4.69) is 0 Å². The first kappa shape index (κ1) is 15.3. The van der Waals surface area contributed by atoms with Gasteiger partial charge in [0, 0.05) is 32.2 Å². The molecular formula is C14H19N3O4S. The number of benzene rings is 1. The number of hydrogen-bond donors (Lipinski definition) is 1. The van der Waals surface area contributed by atoms with E-state index in [0.29, 0.717) is 18.6 Å². The van der Waals surface area contributed by atoms with E-state index in [-0.39, 0.29) is 16.5 Å². The largest absolute Gasteiger partial charge is 0.419 e. The number of oxazole rings is 1. The summed E-state index contributed by atoms with van der Waals surface area (Å²) in [6.07, 6.45) is 2.59. The number of hydrogen-bond acceptors (Lipinski definition) is 5. The van der Waals surface area contributed by atoms with E-state index in [1.807, 2.05) is 0 Å². The second-order valence-electron chi connectivity index (χ2n) is 5.56. The topological polar surface area (TPSA) is 98.5 Å². The SMILES string of the molecule is Cn1c(=O)oc2cc(S(=O)(=O)N3CCCCC3CN)ccc21. The van der Waals surface area contributed by atoms with Crippen LogP contribution in [0.1, 0.15) is 19.3 Å². The number of fused-ring (bicyclic) bond motifs is 1. The summed E-state index contributed by atoms with van der Waals surface area (Å²) in [4.78, 5) is 11.7. The maximum Gasteiger partial charge on any atom is 0.419 e. The summed E-state index contributed by atoms with van der Waals surface area (Å²) < 4.78 is 33.6. The van der Waals surface area contributed by atoms with Crippen LogP contribution in [0.2, 0.25) is 0 Å². The molecule has 2 heterocycles. The second-order valence-corrected chi connectivity index (χ2v) is 7.45. The number of sulfonamides is 1. The van der Waals surface area contributed by atoms with Crippen LogP contribution in [0.4, 0.5) is 0 Å². The molecule has 7 nitrogen and oxygen atoms in total. The van der Waals surface area contributed by atoms with Crippen molar-refractivity contribution in [1.82, 2.24) is 8.87 Å². The highest BCUT2D eigenvalue weighted by Gasteiger charge is 2.33. The standard InChI is InChI=1S/C14H19N3O4S/c1-16-12-6-5-11(8-13(12)21-14(16)18)22(19,20)17-7-3-2-4-10(17)9-15/h5-6,8,10H,2-4,7,9,15H2,1H3. The van der Waals surface area contributed by atoms with E-state index < -0.39 is 15.8 Å². The second kappa shape index (κ2) is 5.53. The number of nitrogens with zero attached hydrogens (tertiary/aromatic N) is 2. The predicted molar refractivity (Wildman–Crippen MR) is 82.0 cm³/mol. The van der Waals surface area contributed by atoms with Gasteiger partial charge in [0.25, 0.3) is 0 Å². The van der Waals surface area contributed by atoms with E-state index in [1.54, 1.807) is 13.1 Å². The molecule has 1 fully saturated rings. The Balaban J connectivity index is 2.06. The smallest absolute Gasteiger partial charge is 0.408 e. The van der Waals surface area contributed by atoms with Crippen LogP contribution >= 0.6 is 0 Å². The molecule has 1 saturated heterocycles. The van der Waals surface area contributed by atoms with E-state index in [4.69, 9.17) is 10.2 Å². The first-order valence-corrected chi connectivity index (χ1v) is 8.70. The molecule has 0 aliphatic carbocycles. The number of nitrogens with two attached hydrogens (primary N) is 1. The molecule has 1 aromatic heterocycles. The highest BCUT2D eigenvalue weighted by Crippen LogP contribution is 2.26. The van der Waals surface area contributed by atoms with E-state index in [1.165, 1.54) is 21.0 Å². The fourth-order valence-electron chi connectivity index (χ4n) is 2.94. The van der Waals surface area contributed by atoms with Crippen molar-refractivity contribution >= 4 is 21.1 Å². The molecule has 120 valence electrons. The average molecular weight is 325 g/mol. The summed E-state index contributed by atoms with van der Waals surface area (Å²) in [5.74, 6) is -0.512. The lowest BCUT2D eigenvalue weighted by Crippen LogP contribution is -2.47. The molecule has 2 N–H and O–H groups in total. The maximum absolute atomic E-state index is 12.8. The molecule has 22 heavy (non-hydrogen) atoms. The highest BCUT2D eigenvalue weighted by atomic mass is 32.2. The molecule has 2 aromatic rings. The highest BCUT2D eigenvalue weighted by molar-refractivity contribution is 7.89. The lowest BCUT2D eigenvalue weighted by molar-refractivity contribution is 0.257. The normalized spacial score (nSPS) is 20.5. The van der Waals surface area contributed by atoms with E-state index in [9.17, 15) is 13.2 Å². The summed E-state index contributed by atoms with van der Waals surface area (Å²) in [7, 11) is -2.06. The van der Waals surface area contributed by atoms with Gasteiger partial charge in [-0.1, -0.05) is 6.42 Å². The van der Waals surface area contributed by atoms with Crippen molar-refractivity contribution in [2.24, 2.45) is 12.8 Å². The quantitative estimate of drug-likeness (QED) is 0.892. The molecule has 0 radical (unpaired) electrons. The summed E-state index contributed by atoms with van der Waals surface area (Å²) >= 11 is 0. The Hall–Kier alpha value is -1.64. The van der Waals surface area contributed by atoms with Crippen LogP contribution in [0.3, 0.4) is 0 Å². The van der Waals surface area contributed by atoms with Crippen LogP contribution in [-0.4, -0.2) is 36.4 Å². The molecule has 0 saturated carbocycles. The summed E-state index contributed by atoms with van der Waals surface area (Å²) in [5, 5.41) is 0. The van der Waals surface area contributed by atoms with Crippen LogP contribution in [-0.2, 0) is 17.1 Å². The minimum absolute atomic E-state index is 0.134. The van der Waals surface area contributed by atoms with Gasteiger partial charge in [-0.25, -0.2) is 13.2 Å². The van der Waals surface area contributed by atoms with Crippen LogP contribution < -0.4 is 11.5 Å². The fraction of sp³-hybridized carbons (Fsp3) is 0.500. The Morgan fingerprint density at radius 3 is 2.86 bits per heavy atom. The van der Waals surface area contributed by atoms with Crippen molar-refractivity contribution in [3.63, 3.8) is 0 Å². The Labute approximate surface area is 128 Å². The van der Waals surface area contributed by atoms with E-state index in [0.717, 1.165) is 19.3 Å². The zero-order chi connectivity index (χ0) is 15.9. The van der Waals surface area contributed by atoms with Gasteiger partial charge in [-0.15, -0.1) is 0 Å². The van der Waals surface area contributed by atoms with Gasteiger partial charge in [0.15, 0.2) is 5.58 Å². The van der Waals surface area contributed by atoms with Gasteiger partial charge >= 0.3 is 5.76 Å². The summed E-state index contributed by atoms with van der Waals surface area (Å²) in [5.41, 5.74) is 6.55. The van der Waals surface area contributed by atoms with Gasteiger partial charge in [0.05, 0.1) is 10.4 Å². The van der Waals surface area contributed by atoms with Gasteiger partial charge in [-0.2, -0.15) is 4.31 Å². The van der Waals surface area contributed by atoms with Crippen molar-refractivity contribution in [2.75, 3.05) is 13.1 Å². The lowest BCUT2D eigenvalue weighted by Gasteiger charge is -2.33. The zero-order valence-electron chi connectivity index (χ0n) is 12.4. The monoisotopic (exact) mass is 325 g/mol. The average Bonchev–Trinajstić information content (AvgIpc) is 2.81. The van der Waals surface area contributed by atoms with Gasteiger partial charge in [0.1, 0.15) is 0 Å². The Morgan fingerprint density at radius 2 is 2.14 bits per heavy atom. The molecule has 8 heteroatoms. The van der Waals surface area contributed by atoms with Crippen molar-refractivity contribution in [2.45, 2.75) is 30.2 Å². The molecule has 3 rings (SSSR count). The van der Waals surface area contributed by atoms with Crippen LogP contribution in [0.5, 0.6) is 0 Å². The number of piperidine rings is 1. The molecule has 0 spiro atoms. The molecule has 1 unspecified atom stereocenters. The minimum Gasteiger partial charge on any atom is -0.408 e. The lowest BCUT2D eigenvalue weighted by atomic mass is 10.1. The Kier molecular flexibility index (Phi) is 3.84. The molecule has 1 aromatic carbocycles. The summed E-state index contributed by atoms with van der Waals surface area (Å²) in [6.45, 7) is 0.781. The van der Waals surface area contributed by atoms with E-state index >= 15 is 0 Å². The first-order valence-electron chi connectivity index (χ1n) is 7.26. The zero-order valence-corrected chi connectivity index (χ0v) is 13.2. The van der Waals surface area contributed by atoms with Crippen molar-refractivity contribution < 1.29 is 12.8 Å². The molecule has 0 amide bonds. The maximum atomic E-state index is 12.8. The first-order chi connectivity index (χ1) is 10.4. The van der Waals surface area contributed by atoms with Crippen molar-refractivity contribution in [1.29, 1.82) is 0 Å². The molecule has 1 aliphatic rings. The third-order valence-corrected chi connectivity index (χ3v) is 6.16. The van der Waals surface area contributed by atoms with Gasteiger partial charge in [-0.3, -0.25) is 4.57 Å². The van der Waals surface area contributed by atoms with Crippen LogP contribution in [0.15, 0.2) is 32.3 Å². The summed E-state index contributed by atoms with van der Waals surface area (Å²) in [6, 6.07) is 4.34. The third-order valence-electron chi connectivity index (χ3n) is 4.22. The Morgan fingerprint density at radius 1 is 1.36 bits per heavy atom. The van der Waals surface area contributed by atoms with Crippen molar-refractivity contribution in [3.05, 3.63) is 28.7 Å². The Bertz CT molecular complexity index is 853.